The molecule has 1 unspecified atom stereocenters. The van der Waals surface area contributed by atoms with Crippen molar-refractivity contribution >= 4 is 6.03 Å². The first kappa shape index (κ1) is 13.1. The van der Waals surface area contributed by atoms with Crippen LogP contribution in [0.2, 0.25) is 0 Å². The predicted molar refractivity (Wildman–Crippen MR) is 77.8 cm³/mol. The van der Waals surface area contributed by atoms with Gasteiger partial charge >= 0.3 is 6.03 Å². The van der Waals surface area contributed by atoms with Crippen molar-refractivity contribution in [3.05, 3.63) is 11.6 Å². The fourth-order valence-corrected chi connectivity index (χ4v) is 3.56. The Morgan fingerprint density at radius 3 is 2.76 bits per heavy atom. The zero-order chi connectivity index (χ0) is 14.4. The number of fused-ring (bicyclic) bond motifs is 1. The predicted octanol–water partition coefficient (Wildman–Crippen LogP) is 1.34. The van der Waals surface area contributed by atoms with Gasteiger partial charge < -0.3 is 14.8 Å². The van der Waals surface area contributed by atoms with Crippen LogP contribution < -0.4 is 5.32 Å². The van der Waals surface area contributed by atoms with Crippen molar-refractivity contribution < 1.29 is 4.79 Å². The highest BCUT2D eigenvalue weighted by molar-refractivity contribution is 5.75. The van der Waals surface area contributed by atoms with E-state index in [1.807, 2.05) is 11.8 Å². The molecule has 0 radical (unpaired) electrons. The zero-order valence-corrected chi connectivity index (χ0v) is 12.6. The first-order valence-corrected chi connectivity index (χ1v) is 8.13. The van der Waals surface area contributed by atoms with Crippen molar-refractivity contribution in [2.45, 2.75) is 51.6 Å². The van der Waals surface area contributed by atoms with E-state index in [9.17, 15) is 4.79 Å². The largest absolute Gasteiger partial charge is 0.333 e. The van der Waals surface area contributed by atoms with E-state index >= 15 is 0 Å². The van der Waals surface area contributed by atoms with Crippen LogP contribution in [0.3, 0.4) is 0 Å². The standard InChI is InChI=1S/C15H23N5O/c1-10-17-18-14-5-4-13(9-20(10)14)16-15(21)19-7-12(8-19)6-11-2-3-11/h11-13H,2-9H2,1H3,(H,16,21). The molecule has 0 aromatic carbocycles. The van der Waals surface area contributed by atoms with E-state index in [-0.39, 0.29) is 12.1 Å². The summed E-state index contributed by atoms with van der Waals surface area (Å²) in [6.45, 7) is 4.68. The minimum absolute atomic E-state index is 0.112. The molecule has 0 spiro atoms. The topological polar surface area (TPSA) is 63.1 Å². The van der Waals surface area contributed by atoms with Gasteiger partial charge in [-0.3, -0.25) is 0 Å². The molecule has 1 atom stereocenters. The molecule has 1 aliphatic carbocycles. The summed E-state index contributed by atoms with van der Waals surface area (Å²) >= 11 is 0. The maximum atomic E-state index is 12.2. The van der Waals surface area contributed by atoms with Gasteiger partial charge in [-0.15, -0.1) is 10.2 Å². The van der Waals surface area contributed by atoms with Crippen molar-refractivity contribution in [3.8, 4) is 0 Å². The molecule has 1 N–H and O–H groups in total. The highest BCUT2D eigenvalue weighted by Crippen LogP contribution is 2.37. The van der Waals surface area contributed by atoms with Crippen molar-refractivity contribution in [3.63, 3.8) is 0 Å². The number of carbonyl (C=O) groups excluding carboxylic acids is 1. The van der Waals surface area contributed by atoms with Gasteiger partial charge in [-0.05, 0) is 31.6 Å². The molecular formula is C15H23N5O. The van der Waals surface area contributed by atoms with Gasteiger partial charge in [0.25, 0.3) is 0 Å². The molecule has 3 aliphatic rings. The Kier molecular flexibility index (Phi) is 3.12. The summed E-state index contributed by atoms with van der Waals surface area (Å²) < 4.78 is 2.13. The summed E-state index contributed by atoms with van der Waals surface area (Å²) in [6, 6.07) is 0.323. The average molecular weight is 289 g/mol. The highest BCUT2D eigenvalue weighted by atomic mass is 16.2. The van der Waals surface area contributed by atoms with E-state index in [1.54, 1.807) is 0 Å². The Labute approximate surface area is 124 Å². The quantitative estimate of drug-likeness (QED) is 0.913. The Bertz CT molecular complexity index is 544. The van der Waals surface area contributed by atoms with Gasteiger partial charge in [-0.25, -0.2) is 4.79 Å². The van der Waals surface area contributed by atoms with E-state index in [0.717, 1.165) is 56.0 Å². The fourth-order valence-electron chi connectivity index (χ4n) is 3.56. The normalized spacial score (nSPS) is 25.4. The van der Waals surface area contributed by atoms with Crippen molar-refractivity contribution in [1.29, 1.82) is 0 Å². The van der Waals surface area contributed by atoms with Crippen LogP contribution in [-0.4, -0.2) is 44.8 Å². The number of urea groups is 1. The van der Waals surface area contributed by atoms with Crippen molar-refractivity contribution in [2.75, 3.05) is 13.1 Å². The Morgan fingerprint density at radius 2 is 2.00 bits per heavy atom. The molecule has 4 rings (SSSR count). The van der Waals surface area contributed by atoms with E-state index in [2.05, 4.69) is 20.1 Å². The second-order valence-corrected chi connectivity index (χ2v) is 6.91. The number of aromatic nitrogens is 3. The average Bonchev–Trinajstić information content (AvgIpc) is 3.18. The molecule has 1 aromatic heterocycles. The van der Waals surface area contributed by atoms with Crippen molar-refractivity contribution in [1.82, 2.24) is 25.0 Å². The summed E-state index contributed by atoms with van der Waals surface area (Å²) in [5.74, 6) is 3.71. The molecule has 2 aliphatic heterocycles. The number of aryl methyl sites for hydroxylation is 2. The molecule has 1 saturated heterocycles. The number of likely N-dealkylation sites (tertiary alicyclic amines) is 1. The first-order chi connectivity index (χ1) is 10.2. The molecule has 0 bridgehead atoms. The van der Waals surface area contributed by atoms with Gasteiger partial charge in [0, 0.05) is 32.1 Å². The van der Waals surface area contributed by atoms with Gasteiger partial charge in [0.05, 0.1) is 0 Å². The smallest absolute Gasteiger partial charge is 0.317 e. The number of carbonyl (C=O) groups is 1. The molecule has 21 heavy (non-hydrogen) atoms. The molecule has 3 heterocycles. The van der Waals surface area contributed by atoms with Crippen LogP contribution in [0.1, 0.15) is 37.3 Å². The number of nitrogens with one attached hydrogen (secondary N) is 1. The number of amides is 2. The molecule has 2 amide bonds. The summed E-state index contributed by atoms with van der Waals surface area (Å²) in [7, 11) is 0. The van der Waals surface area contributed by atoms with E-state index < -0.39 is 0 Å². The van der Waals surface area contributed by atoms with Gasteiger partial charge in [0.1, 0.15) is 11.6 Å². The molecule has 1 aromatic rings. The monoisotopic (exact) mass is 289 g/mol. The van der Waals surface area contributed by atoms with Crippen LogP contribution in [0.25, 0.3) is 0 Å². The summed E-state index contributed by atoms with van der Waals surface area (Å²) in [5, 5.41) is 11.5. The molecular weight excluding hydrogens is 266 g/mol. The first-order valence-electron chi connectivity index (χ1n) is 8.13. The van der Waals surface area contributed by atoms with Crippen molar-refractivity contribution in [2.24, 2.45) is 11.8 Å². The maximum absolute atomic E-state index is 12.2. The van der Waals surface area contributed by atoms with E-state index in [0.29, 0.717) is 0 Å². The zero-order valence-electron chi connectivity index (χ0n) is 12.6. The Hall–Kier alpha value is -1.59. The van der Waals surface area contributed by atoms with Crippen LogP contribution in [0.15, 0.2) is 0 Å². The second kappa shape index (κ2) is 5.00. The lowest BCUT2D eigenvalue weighted by Gasteiger charge is -2.40. The SMILES string of the molecule is Cc1nnc2n1CC(NC(=O)N1CC(CC3CC3)C1)CC2. The minimum Gasteiger partial charge on any atom is -0.333 e. The maximum Gasteiger partial charge on any atom is 0.317 e. The third kappa shape index (κ3) is 2.63. The number of hydrogen-bond donors (Lipinski definition) is 1. The minimum atomic E-state index is 0.112. The Balaban J connectivity index is 1.27. The van der Waals surface area contributed by atoms with Gasteiger partial charge in [-0.1, -0.05) is 12.8 Å². The highest BCUT2D eigenvalue weighted by Gasteiger charge is 2.36. The second-order valence-electron chi connectivity index (χ2n) is 6.91. The summed E-state index contributed by atoms with van der Waals surface area (Å²) in [5.41, 5.74) is 0. The summed E-state index contributed by atoms with van der Waals surface area (Å²) in [6.07, 6.45) is 6.01. The van der Waals surface area contributed by atoms with E-state index in [4.69, 9.17) is 0 Å². The number of hydrogen-bond acceptors (Lipinski definition) is 3. The van der Waals surface area contributed by atoms with E-state index in [1.165, 1.54) is 19.3 Å². The Morgan fingerprint density at radius 1 is 1.19 bits per heavy atom. The van der Waals surface area contributed by atoms with Crippen LogP contribution >= 0.6 is 0 Å². The van der Waals surface area contributed by atoms with Gasteiger partial charge in [-0.2, -0.15) is 0 Å². The van der Waals surface area contributed by atoms with Gasteiger partial charge in [0.2, 0.25) is 0 Å². The lowest BCUT2D eigenvalue weighted by Crippen LogP contribution is -2.56. The lowest BCUT2D eigenvalue weighted by molar-refractivity contribution is 0.108. The molecule has 1 saturated carbocycles. The van der Waals surface area contributed by atoms with Gasteiger partial charge in [0.15, 0.2) is 0 Å². The lowest BCUT2D eigenvalue weighted by atomic mass is 9.94. The van der Waals surface area contributed by atoms with Crippen LogP contribution in [0.5, 0.6) is 0 Å². The van der Waals surface area contributed by atoms with Crippen LogP contribution in [0.4, 0.5) is 4.79 Å². The number of nitrogens with zero attached hydrogens (tertiary/aromatic N) is 4. The summed E-state index contributed by atoms with van der Waals surface area (Å²) in [4.78, 5) is 14.2. The third-order valence-corrected chi connectivity index (χ3v) is 5.07. The molecule has 2 fully saturated rings. The van der Waals surface area contributed by atoms with Crippen LogP contribution in [-0.2, 0) is 13.0 Å². The van der Waals surface area contributed by atoms with Crippen LogP contribution in [0, 0.1) is 18.8 Å². The molecule has 114 valence electrons. The fraction of sp³-hybridized carbons (Fsp3) is 0.800. The molecule has 6 heteroatoms. The molecule has 6 nitrogen and oxygen atoms in total. The number of rotatable bonds is 3. The third-order valence-electron chi connectivity index (χ3n) is 5.07.